The second-order valence-corrected chi connectivity index (χ2v) is 8.47. The van der Waals surface area contributed by atoms with Gasteiger partial charge in [0.1, 0.15) is 0 Å². The molecule has 2 aromatic carbocycles. The number of benzene rings is 2. The van der Waals surface area contributed by atoms with Crippen molar-refractivity contribution in [3.05, 3.63) is 69.7 Å². The molecule has 148 valence electrons. The Balaban J connectivity index is 1.37. The van der Waals surface area contributed by atoms with Crippen molar-refractivity contribution >= 4 is 46.6 Å². The number of hydrazone groups is 1. The van der Waals surface area contributed by atoms with Gasteiger partial charge in [0.05, 0.1) is 5.75 Å². The molecule has 1 fully saturated rings. The maximum absolute atomic E-state index is 12.0. The molecule has 1 N–H and O–H groups in total. The molecule has 0 aliphatic carbocycles. The first-order valence-corrected chi connectivity index (χ1v) is 11.1. The Bertz CT molecular complexity index is 799. The number of hydrogen-bond donors (Lipinski definition) is 1. The minimum absolute atomic E-state index is 0.104. The van der Waals surface area contributed by atoms with E-state index in [1.54, 1.807) is 12.1 Å². The average Bonchev–Trinajstić information content (AvgIpc) is 2.70. The van der Waals surface area contributed by atoms with Gasteiger partial charge < -0.3 is 0 Å². The van der Waals surface area contributed by atoms with Crippen molar-refractivity contribution in [2.75, 3.05) is 18.8 Å². The molecule has 1 aliphatic rings. The molecule has 0 bridgehead atoms. The number of amides is 1. The molecule has 2 aromatic rings. The normalized spacial score (nSPS) is 14.7. The number of nitrogens with zero attached hydrogens (tertiary/aromatic N) is 2. The molecule has 0 atom stereocenters. The number of hydrogen-bond acceptors (Lipinski definition) is 4. The maximum atomic E-state index is 12.0. The zero-order chi connectivity index (χ0) is 19.8. The standard InChI is InChI=1S/C21H23Cl2N3OS/c22-19-7-4-8-20(23)18(19)14-28-15-21(27)25-24-17-9-11-26(12-10-17)13-16-5-2-1-3-6-16/h1-8H,9-15H2,(H,25,27). The first-order valence-electron chi connectivity index (χ1n) is 9.23. The van der Waals surface area contributed by atoms with E-state index < -0.39 is 0 Å². The Morgan fingerprint density at radius 2 is 1.71 bits per heavy atom. The highest BCUT2D eigenvalue weighted by Gasteiger charge is 2.15. The van der Waals surface area contributed by atoms with Gasteiger partial charge in [0.25, 0.3) is 0 Å². The third-order valence-corrected chi connectivity index (χ3v) is 6.23. The van der Waals surface area contributed by atoms with Crippen molar-refractivity contribution < 1.29 is 4.79 Å². The lowest BCUT2D eigenvalue weighted by Crippen LogP contribution is -2.34. The fourth-order valence-corrected chi connectivity index (χ4v) is 4.57. The van der Waals surface area contributed by atoms with E-state index in [1.807, 2.05) is 12.1 Å². The van der Waals surface area contributed by atoms with E-state index >= 15 is 0 Å². The summed E-state index contributed by atoms with van der Waals surface area (Å²) in [5.74, 6) is 0.808. The average molecular weight is 436 g/mol. The molecule has 0 radical (unpaired) electrons. The SMILES string of the molecule is O=C(CSCc1c(Cl)cccc1Cl)NN=C1CCN(Cc2ccccc2)CC1. The lowest BCUT2D eigenvalue weighted by Gasteiger charge is -2.27. The van der Waals surface area contributed by atoms with Gasteiger partial charge >= 0.3 is 0 Å². The topological polar surface area (TPSA) is 44.7 Å². The number of carbonyl (C=O) groups excluding carboxylic acids is 1. The van der Waals surface area contributed by atoms with Gasteiger partial charge in [0.2, 0.25) is 5.91 Å². The van der Waals surface area contributed by atoms with E-state index in [1.165, 1.54) is 17.3 Å². The lowest BCUT2D eigenvalue weighted by molar-refractivity contribution is -0.118. The van der Waals surface area contributed by atoms with Crippen LogP contribution in [0.25, 0.3) is 0 Å². The summed E-state index contributed by atoms with van der Waals surface area (Å²) in [5.41, 5.74) is 5.92. The van der Waals surface area contributed by atoms with Crippen LogP contribution in [0.5, 0.6) is 0 Å². The Hall–Kier alpha value is -1.53. The highest BCUT2D eigenvalue weighted by Crippen LogP contribution is 2.28. The molecule has 1 saturated heterocycles. The first-order chi connectivity index (χ1) is 13.6. The third kappa shape index (κ3) is 6.52. The molecular weight excluding hydrogens is 413 g/mol. The molecular formula is C21H23Cl2N3OS. The predicted octanol–water partition coefficient (Wildman–Crippen LogP) is 4.99. The molecule has 3 rings (SSSR count). The predicted molar refractivity (Wildman–Crippen MR) is 119 cm³/mol. The fourth-order valence-electron chi connectivity index (χ4n) is 3.01. The summed E-state index contributed by atoms with van der Waals surface area (Å²) in [6.07, 6.45) is 1.77. The van der Waals surface area contributed by atoms with Crippen LogP contribution in [0.2, 0.25) is 10.0 Å². The summed E-state index contributed by atoms with van der Waals surface area (Å²) in [4.78, 5) is 14.5. The summed E-state index contributed by atoms with van der Waals surface area (Å²) in [7, 11) is 0. The number of thioether (sulfide) groups is 1. The Labute approximate surface area is 180 Å². The fraction of sp³-hybridized carbons (Fsp3) is 0.333. The van der Waals surface area contributed by atoms with Crippen LogP contribution in [0.4, 0.5) is 0 Å². The van der Waals surface area contributed by atoms with Crippen molar-refractivity contribution in [1.82, 2.24) is 10.3 Å². The molecule has 0 aromatic heterocycles. The molecule has 1 aliphatic heterocycles. The molecule has 0 saturated carbocycles. The van der Waals surface area contributed by atoms with Crippen molar-refractivity contribution in [3.63, 3.8) is 0 Å². The third-order valence-electron chi connectivity index (χ3n) is 4.56. The molecule has 7 heteroatoms. The minimum atomic E-state index is -0.104. The van der Waals surface area contributed by atoms with Crippen molar-refractivity contribution in [2.24, 2.45) is 5.10 Å². The van der Waals surface area contributed by atoms with Crippen LogP contribution in [-0.4, -0.2) is 35.4 Å². The smallest absolute Gasteiger partial charge is 0.250 e. The molecule has 0 spiro atoms. The van der Waals surface area contributed by atoms with Crippen LogP contribution in [-0.2, 0) is 17.1 Å². The highest BCUT2D eigenvalue weighted by atomic mass is 35.5. The molecule has 28 heavy (non-hydrogen) atoms. The van der Waals surface area contributed by atoms with Crippen LogP contribution < -0.4 is 5.43 Å². The van der Waals surface area contributed by atoms with E-state index in [-0.39, 0.29) is 5.91 Å². The van der Waals surface area contributed by atoms with Gasteiger partial charge in [-0.15, -0.1) is 11.8 Å². The largest absolute Gasteiger partial charge is 0.298 e. The van der Waals surface area contributed by atoms with Gasteiger partial charge in [-0.25, -0.2) is 5.43 Å². The minimum Gasteiger partial charge on any atom is -0.298 e. The maximum Gasteiger partial charge on any atom is 0.250 e. The molecule has 0 unspecified atom stereocenters. The van der Waals surface area contributed by atoms with E-state index in [0.717, 1.165) is 43.8 Å². The Morgan fingerprint density at radius 1 is 1.04 bits per heavy atom. The van der Waals surface area contributed by atoms with Crippen LogP contribution in [0.3, 0.4) is 0 Å². The van der Waals surface area contributed by atoms with E-state index in [9.17, 15) is 4.79 Å². The van der Waals surface area contributed by atoms with Gasteiger partial charge in [-0.05, 0) is 23.3 Å². The summed E-state index contributed by atoms with van der Waals surface area (Å²) in [5, 5.41) is 5.57. The zero-order valence-electron chi connectivity index (χ0n) is 15.5. The second kappa shape index (κ2) is 10.9. The van der Waals surface area contributed by atoms with Crippen molar-refractivity contribution in [2.45, 2.75) is 25.1 Å². The van der Waals surface area contributed by atoms with Crippen LogP contribution in [0.1, 0.15) is 24.0 Å². The zero-order valence-corrected chi connectivity index (χ0v) is 17.9. The monoisotopic (exact) mass is 435 g/mol. The second-order valence-electron chi connectivity index (χ2n) is 6.67. The lowest BCUT2D eigenvalue weighted by atomic mass is 10.1. The number of piperidine rings is 1. The molecule has 1 amide bonds. The first kappa shape index (κ1) is 21.2. The van der Waals surface area contributed by atoms with E-state index in [2.05, 4.69) is 39.7 Å². The van der Waals surface area contributed by atoms with Crippen molar-refractivity contribution in [1.29, 1.82) is 0 Å². The summed E-state index contributed by atoms with van der Waals surface area (Å²) < 4.78 is 0. The summed E-state index contributed by atoms with van der Waals surface area (Å²) in [6.45, 7) is 2.88. The van der Waals surface area contributed by atoms with Crippen LogP contribution >= 0.6 is 35.0 Å². The van der Waals surface area contributed by atoms with E-state index in [4.69, 9.17) is 23.2 Å². The number of likely N-dealkylation sites (tertiary alicyclic amines) is 1. The van der Waals surface area contributed by atoms with Crippen LogP contribution in [0.15, 0.2) is 53.6 Å². The highest BCUT2D eigenvalue weighted by molar-refractivity contribution is 7.99. The van der Waals surface area contributed by atoms with Gasteiger partial charge in [0.15, 0.2) is 0 Å². The number of halogens is 2. The molecule has 1 heterocycles. The number of nitrogens with one attached hydrogen (secondary N) is 1. The van der Waals surface area contributed by atoms with Gasteiger partial charge in [0, 0.05) is 54.0 Å². The Morgan fingerprint density at radius 3 is 2.39 bits per heavy atom. The van der Waals surface area contributed by atoms with E-state index in [0.29, 0.717) is 21.6 Å². The number of carbonyl (C=O) groups is 1. The van der Waals surface area contributed by atoms with Crippen LogP contribution in [0, 0.1) is 0 Å². The summed E-state index contributed by atoms with van der Waals surface area (Å²) in [6, 6.07) is 15.9. The van der Waals surface area contributed by atoms with Gasteiger partial charge in [-0.2, -0.15) is 5.10 Å². The van der Waals surface area contributed by atoms with Gasteiger partial charge in [-0.1, -0.05) is 59.6 Å². The Kier molecular flexibility index (Phi) is 8.22. The quantitative estimate of drug-likeness (QED) is 0.622. The van der Waals surface area contributed by atoms with Gasteiger partial charge in [-0.3, -0.25) is 9.69 Å². The summed E-state index contributed by atoms with van der Waals surface area (Å²) >= 11 is 13.8. The van der Waals surface area contributed by atoms with Crippen molar-refractivity contribution in [3.8, 4) is 0 Å². The number of rotatable bonds is 7. The molecule has 4 nitrogen and oxygen atoms in total.